The number of phenolic OH excluding ortho intramolecular Hbond substituents is 1. The Kier molecular flexibility index (Phi) is 51.6. The zero-order valence-corrected chi connectivity index (χ0v) is 86.9. The number of halogens is 14. The van der Waals surface area contributed by atoms with Crippen molar-refractivity contribution in [2.75, 3.05) is 123 Å². The first-order valence-electron chi connectivity index (χ1n) is 45.5. The van der Waals surface area contributed by atoms with Crippen LogP contribution in [0, 0.1) is 52.4 Å². The number of nitrogens with two attached hydrogens (primary N) is 1. The summed E-state index contributed by atoms with van der Waals surface area (Å²) in [5, 5.41) is 22.0. The van der Waals surface area contributed by atoms with Gasteiger partial charge in [0.2, 0.25) is 5.02 Å². The van der Waals surface area contributed by atoms with Crippen molar-refractivity contribution in [3.05, 3.63) is 366 Å². The Morgan fingerprint density at radius 2 is 0.890 bits per heavy atom. The van der Waals surface area contributed by atoms with E-state index >= 15 is 0 Å². The number of azide groups is 1. The molecule has 40 heteroatoms. The fraction of sp³-hybridized carbons (Fsp3) is 0.274. The Balaban J connectivity index is 0.000000201. The van der Waals surface area contributed by atoms with Gasteiger partial charge in [-0.05, 0) is 157 Å². The number of aldehydes is 1. The Hall–Kier alpha value is -12.1. The third kappa shape index (κ3) is 37.7. The van der Waals surface area contributed by atoms with Crippen molar-refractivity contribution in [3.63, 3.8) is 0 Å². The summed E-state index contributed by atoms with van der Waals surface area (Å²) in [7, 11) is 0.989. The van der Waals surface area contributed by atoms with Gasteiger partial charge in [-0.2, -0.15) is 0 Å². The monoisotopic (exact) mass is 2190 g/mol. The van der Waals surface area contributed by atoms with Crippen molar-refractivity contribution in [1.29, 1.82) is 0 Å². The van der Waals surface area contributed by atoms with E-state index < -0.39 is 18.8 Å². The SMILES string of the molecule is COC(Cl)Cl.ClCCBr.Fc1cc2c(c(OCCCl)c1)OCC2.Fc1cc2c(c(OCCNCCCc3c[nH]c4ccc(F)cc34)c1)OCC2.Fc1ccc2c(c1)CCO2.Fc1ccc2occc2c1.NCCOc1cc(F)cc2c1OCC2.O=Cc1cc(F)cc2c1OCC2.Oc1cc(F)cc2c1OCC2.[HH].[N-]=[N+]=NCCOc1cc(F)cc2c1OCC2.[N-]=[N+]=[N-].[Na+].c1ccc(P(c2ccccc2)c2ccccc2)cc1. The number of aromatic amines is 1. The fourth-order valence-corrected chi connectivity index (χ4v) is 17.3. The van der Waals surface area contributed by atoms with Gasteiger partial charge in [-0.15, -0.1) is 23.2 Å². The Morgan fingerprint density at radius 3 is 1.36 bits per heavy atom. The van der Waals surface area contributed by atoms with Gasteiger partial charge in [0, 0.05) is 174 Å². The molecule has 9 heterocycles. The van der Waals surface area contributed by atoms with E-state index in [2.05, 4.69) is 132 Å². The summed E-state index contributed by atoms with van der Waals surface area (Å²) in [5.74, 6) is 4.55. The van der Waals surface area contributed by atoms with Crippen molar-refractivity contribution >= 4 is 114 Å². The van der Waals surface area contributed by atoms with Crippen LogP contribution in [0.3, 0.4) is 0 Å². The van der Waals surface area contributed by atoms with Crippen LogP contribution in [0.15, 0.2) is 246 Å². The molecule has 12 aromatic carbocycles. The number of alkyl halides is 5. The molecule has 14 aromatic rings. The summed E-state index contributed by atoms with van der Waals surface area (Å²) >= 11 is 23.7. The van der Waals surface area contributed by atoms with Crippen LogP contribution in [0.5, 0.6) is 69.0 Å². The zero-order chi connectivity index (χ0) is 104. The number of fused-ring (bicyclic) bond motifs is 9. The second-order valence-corrected chi connectivity index (χ2v) is 35.9. The molecule has 21 rings (SSSR count). The summed E-state index contributed by atoms with van der Waals surface area (Å²) in [5.41, 5.74) is 35.9. The molecule has 2 aromatic heterocycles. The van der Waals surface area contributed by atoms with Crippen LogP contribution in [0.1, 0.15) is 62.7 Å². The minimum atomic E-state index is -0.671. The number of aromatic nitrogens is 1. The van der Waals surface area contributed by atoms with Crippen LogP contribution < -0.4 is 109 Å². The van der Waals surface area contributed by atoms with E-state index in [0.29, 0.717) is 180 Å². The number of H-pyrrole nitrogens is 1. The van der Waals surface area contributed by atoms with Gasteiger partial charge in [0.1, 0.15) is 89.3 Å². The zero-order valence-electron chi connectivity index (χ0n) is 79.4. The molecule has 0 amide bonds. The first-order valence-corrected chi connectivity index (χ1v) is 49.9. The number of nitrogens with zero attached hydrogens (tertiary/aromatic N) is 6. The Bertz CT molecular complexity index is 6370. The summed E-state index contributed by atoms with van der Waals surface area (Å²) in [4.78, 5) is 17.7. The molecule has 146 heavy (non-hydrogen) atoms. The quantitative estimate of drug-likeness (QED) is 0.00502. The first kappa shape index (κ1) is 117. The third-order valence-electron chi connectivity index (χ3n) is 21.1. The predicted octanol–water partition coefficient (Wildman–Crippen LogP) is 21.9. The number of carbonyl (C=O) groups is 1. The Labute approximate surface area is 891 Å². The number of rotatable bonds is 24. The Morgan fingerprint density at radius 1 is 0.493 bits per heavy atom. The van der Waals surface area contributed by atoms with E-state index in [0.717, 1.165) is 129 Å². The second-order valence-electron chi connectivity index (χ2n) is 31.1. The van der Waals surface area contributed by atoms with Gasteiger partial charge in [0.15, 0.2) is 63.8 Å². The molecule has 5 N–H and O–H groups in total. The average Bonchev–Trinajstić information content (AvgIpc) is 1.42. The fourth-order valence-electron chi connectivity index (χ4n) is 15.0. The maximum absolute atomic E-state index is 13.6. The van der Waals surface area contributed by atoms with Crippen molar-refractivity contribution in [2.45, 2.75) is 62.8 Å². The van der Waals surface area contributed by atoms with Crippen LogP contribution >= 0.6 is 70.3 Å². The normalized spacial score (nSPS) is 12.3. The molecule has 0 unspecified atom stereocenters. The van der Waals surface area contributed by atoms with Gasteiger partial charge >= 0.3 is 29.6 Å². The molecule has 7 aliphatic heterocycles. The van der Waals surface area contributed by atoms with Gasteiger partial charge in [0.25, 0.3) is 0 Å². The van der Waals surface area contributed by atoms with Crippen molar-refractivity contribution < 1.29 is 142 Å². The second kappa shape index (κ2) is 64.1. The van der Waals surface area contributed by atoms with Crippen LogP contribution in [-0.4, -0.2) is 144 Å². The molecule has 0 radical (unpaired) electrons. The smallest absolute Gasteiger partial charge is 0.504 e. The minimum absolute atomic E-state index is 0. The number of aryl methyl sites for hydroxylation is 1. The standard InChI is InChI=1S/C21H22F2N2O2.C18H15P.C10H10ClFO2.C10H10FN3O2.C10H12FNO2.C9H7FO2.C8H7FO2.C8H7FO.C8H5FO.C2H4BrCl.C2H4Cl2O.N3.Na.H2/c22-16-3-4-19-18(11-16)15(13-25-19)2-1-6-24-7-9-26-20-12-17(23)10-14-5-8-27-21(14)20;1-4-10-16(11-5-1)19(17-12-6-2-7-13-17)18-14-8-3-9-15-18;11-2-4-13-9-6-8(12)5-7-1-3-14-10(7)9;11-8-5-7-1-3-16-10(7)9(6-8)15-4-2-13-14-12;11-8-5-7-1-3-14-10(7)9(6-8)13-4-2-12;10-8-3-6-1-2-12-9(6)7(4-8)5-11;9-6-3-5-1-2-11-8(5)7(10)4-6;2*9-7-1-2-8-6(5-7)3-4-10-8;3-1-2-4;1-5-2(3)4;1-3-2;;/h3-4,10-13,24-25H,1-2,5-9H2;1-15H;5-6H,1-4H2;5-6H,1-4H2;5-6H,1-4,12H2;3-5H,1-2H2;3-4,10H,1-2H2;1-2,5H,3-4H2;1-5H;1-2H2;2H,1H3;;;1H/q;;;;;;;;;;;-1;+1;. The largest absolute Gasteiger partial charge is 1.00 e. The number of aromatic hydroxyl groups is 1. The molecular weight excluding hydrogens is 2090 g/mol. The number of benzene rings is 12. The van der Waals surface area contributed by atoms with E-state index in [9.17, 15) is 44.3 Å². The van der Waals surface area contributed by atoms with Crippen LogP contribution in [0.25, 0.3) is 48.3 Å². The van der Waals surface area contributed by atoms with Crippen molar-refractivity contribution in [3.8, 4) is 69.0 Å². The number of phenols is 1. The van der Waals surface area contributed by atoms with E-state index in [1.54, 1.807) is 36.6 Å². The molecule has 0 fully saturated rings. The number of carbonyl (C=O) groups excluding carboxylic acids is 1. The summed E-state index contributed by atoms with van der Waals surface area (Å²) in [6.07, 6.45) is 11.0. The van der Waals surface area contributed by atoms with Crippen LogP contribution in [0.4, 0.5) is 39.5 Å². The van der Waals surface area contributed by atoms with Crippen molar-refractivity contribution in [2.24, 2.45) is 10.8 Å². The molecule has 0 spiro atoms. The van der Waals surface area contributed by atoms with Gasteiger partial charge in [-0.25, -0.2) is 39.5 Å². The molecule has 0 bridgehead atoms. The summed E-state index contributed by atoms with van der Waals surface area (Å²) < 4.78 is 185. The maximum atomic E-state index is 13.6. The third-order valence-corrected chi connectivity index (χ3v) is 25.1. The number of methoxy groups -OCH3 is 1. The number of ether oxygens (including phenoxy) is 12. The molecule has 24 nitrogen and oxygen atoms in total. The van der Waals surface area contributed by atoms with Crippen LogP contribution in [0.2, 0.25) is 0 Å². The molecular formula is C106H105BrCl4F9N9NaO15P. The molecule has 7 aliphatic rings. The maximum Gasteiger partial charge on any atom is 1.00 e. The minimum Gasteiger partial charge on any atom is -0.504 e. The molecule has 0 saturated heterocycles. The van der Waals surface area contributed by atoms with E-state index in [1.807, 2.05) is 6.20 Å². The number of furan rings is 1. The van der Waals surface area contributed by atoms with Gasteiger partial charge in [-0.3, -0.25) is 9.71 Å². The molecule has 768 valence electrons. The number of hydrogen-bond donors (Lipinski definition) is 4. The molecule has 0 atom stereocenters. The van der Waals surface area contributed by atoms with Crippen molar-refractivity contribution in [1.82, 2.24) is 10.3 Å². The summed E-state index contributed by atoms with van der Waals surface area (Å²) in [6.45, 7) is 7.57. The summed E-state index contributed by atoms with van der Waals surface area (Å²) in [6, 6.07) is 64.2. The van der Waals surface area contributed by atoms with Gasteiger partial charge in [-0.1, -0.05) is 135 Å². The predicted molar refractivity (Wildman–Crippen MR) is 552 cm³/mol. The topological polar surface area (TPSA) is 322 Å². The van der Waals surface area contributed by atoms with Crippen LogP contribution in [-0.2, 0) is 56.1 Å². The van der Waals surface area contributed by atoms with Gasteiger partial charge in [0.05, 0.1) is 77.1 Å². The van der Waals surface area contributed by atoms with E-state index in [-0.39, 0.29) is 96.4 Å². The first-order chi connectivity index (χ1) is 70.5. The van der Waals surface area contributed by atoms with Gasteiger partial charge < -0.3 is 93.5 Å². The number of hydrogen-bond acceptors (Lipinski definition) is 18. The molecule has 0 aliphatic carbocycles. The van der Waals surface area contributed by atoms with E-state index in [1.165, 1.54) is 125 Å². The number of nitrogens with one attached hydrogen (secondary N) is 2. The van der Waals surface area contributed by atoms with E-state index in [4.69, 9.17) is 130 Å². The molecule has 0 saturated carbocycles. The average molecular weight is 2190 g/mol.